The molecule has 0 saturated carbocycles. The van der Waals surface area contributed by atoms with E-state index in [4.69, 9.17) is 4.74 Å². The van der Waals surface area contributed by atoms with Crippen molar-refractivity contribution in [2.75, 3.05) is 29.9 Å². The van der Waals surface area contributed by atoms with Crippen LogP contribution in [0.2, 0.25) is 0 Å². The van der Waals surface area contributed by atoms with E-state index in [1.54, 1.807) is 11.7 Å². The highest BCUT2D eigenvalue weighted by atomic mass is 32.1. The molecule has 0 atom stereocenters. The summed E-state index contributed by atoms with van der Waals surface area (Å²) in [6.07, 6.45) is 1.49. The molecule has 10 nitrogen and oxygen atoms in total. The normalized spacial score (nSPS) is 14.3. The summed E-state index contributed by atoms with van der Waals surface area (Å²) >= 11 is 1.44. The molecule has 4 aromatic rings. The summed E-state index contributed by atoms with van der Waals surface area (Å²) in [6, 6.07) is 5.73. The first-order valence-corrected chi connectivity index (χ1v) is 10.0. The van der Waals surface area contributed by atoms with E-state index < -0.39 is 0 Å². The Bertz CT molecular complexity index is 1210. The molecule has 11 heteroatoms. The Morgan fingerprint density at radius 3 is 3.03 bits per heavy atom. The Hall–Kier alpha value is -3.34. The molecule has 1 aliphatic rings. The molecule has 1 N–H and O–H groups in total. The zero-order valence-corrected chi connectivity index (χ0v) is 16.7. The number of nitrogens with zero attached hydrogens (tertiary/aromatic N) is 7. The van der Waals surface area contributed by atoms with Gasteiger partial charge in [-0.3, -0.25) is 4.79 Å². The molecule has 0 unspecified atom stereocenters. The van der Waals surface area contributed by atoms with Gasteiger partial charge in [0, 0.05) is 20.1 Å². The van der Waals surface area contributed by atoms with Crippen LogP contribution in [-0.4, -0.2) is 55.5 Å². The van der Waals surface area contributed by atoms with Crippen molar-refractivity contribution in [3.05, 3.63) is 24.5 Å². The number of nitrogens with one attached hydrogen (secondary N) is 1. The standard InChI is InChI=1S/C18H18N8O2S/c1-3-28-11-4-5-12-13(6-11)29-18(21-12)22-17(27)10-7-26(8-10)16-14-15(19-9-20-16)25(2)24-23-14/h4-6,9-10H,3,7-8H2,1-2H3,(H,21,22,27). The summed E-state index contributed by atoms with van der Waals surface area (Å²) in [7, 11) is 1.79. The van der Waals surface area contributed by atoms with E-state index >= 15 is 0 Å². The maximum Gasteiger partial charge on any atom is 0.232 e. The van der Waals surface area contributed by atoms with Crippen molar-refractivity contribution in [3.63, 3.8) is 0 Å². The number of fused-ring (bicyclic) bond motifs is 2. The van der Waals surface area contributed by atoms with Gasteiger partial charge < -0.3 is 15.0 Å². The molecule has 1 aliphatic heterocycles. The molecule has 1 fully saturated rings. The van der Waals surface area contributed by atoms with Crippen molar-refractivity contribution in [1.29, 1.82) is 0 Å². The highest BCUT2D eigenvalue weighted by Gasteiger charge is 2.35. The average Bonchev–Trinajstić information content (AvgIpc) is 3.24. The predicted octanol–water partition coefficient (Wildman–Crippen LogP) is 1.84. The lowest BCUT2D eigenvalue weighted by Crippen LogP contribution is -2.52. The van der Waals surface area contributed by atoms with Crippen molar-refractivity contribution in [3.8, 4) is 5.75 Å². The molecular weight excluding hydrogens is 392 g/mol. The second-order valence-corrected chi connectivity index (χ2v) is 7.79. The highest BCUT2D eigenvalue weighted by molar-refractivity contribution is 7.22. The number of anilines is 2. The average molecular weight is 410 g/mol. The Morgan fingerprint density at radius 2 is 2.21 bits per heavy atom. The Morgan fingerprint density at radius 1 is 1.34 bits per heavy atom. The number of hydrogen-bond donors (Lipinski definition) is 1. The van der Waals surface area contributed by atoms with Gasteiger partial charge in [0.05, 0.1) is 22.7 Å². The number of benzene rings is 1. The van der Waals surface area contributed by atoms with E-state index in [0.717, 1.165) is 16.0 Å². The number of carbonyl (C=O) groups is 1. The molecule has 29 heavy (non-hydrogen) atoms. The van der Waals surface area contributed by atoms with Crippen LogP contribution in [0.25, 0.3) is 21.4 Å². The third kappa shape index (κ3) is 3.12. The molecular formula is C18H18N8O2S. The molecule has 0 radical (unpaired) electrons. The minimum atomic E-state index is -0.136. The van der Waals surface area contributed by atoms with Crippen molar-refractivity contribution in [2.24, 2.45) is 13.0 Å². The molecule has 148 valence electrons. The number of amides is 1. The molecule has 1 amide bonds. The van der Waals surface area contributed by atoms with Gasteiger partial charge in [-0.15, -0.1) is 5.10 Å². The van der Waals surface area contributed by atoms with E-state index in [2.05, 4.69) is 30.6 Å². The van der Waals surface area contributed by atoms with Crippen LogP contribution in [0.5, 0.6) is 5.75 Å². The summed E-state index contributed by atoms with van der Waals surface area (Å²) in [5.74, 6) is 1.32. The van der Waals surface area contributed by atoms with Gasteiger partial charge in [0.2, 0.25) is 5.91 Å². The molecule has 0 aliphatic carbocycles. The minimum absolute atomic E-state index is 0.0465. The van der Waals surface area contributed by atoms with Crippen LogP contribution in [0.1, 0.15) is 6.92 Å². The monoisotopic (exact) mass is 410 g/mol. The van der Waals surface area contributed by atoms with Crippen LogP contribution in [0, 0.1) is 5.92 Å². The first-order chi connectivity index (χ1) is 14.1. The second-order valence-electron chi connectivity index (χ2n) is 6.76. The van der Waals surface area contributed by atoms with Crippen molar-refractivity contribution in [1.82, 2.24) is 29.9 Å². The topological polar surface area (TPSA) is 111 Å². The van der Waals surface area contributed by atoms with Crippen LogP contribution in [0.15, 0.2) is 24.5 Å². The third-order valence-electron chi connectivity index (χ3n) is 4.82. The maximum absolute atomic E-state index is 12.6. The van der Waals surface area contributed by atoms with Crippen LogP contribution in [-0.2, 0) is 11.8 Å². The largest absolute Gasteiger partial charge is 0.494 e. The number of thiazole rings is 1. The van der Waals surface area contributed by atoms with Gasteiger partial charge >= 0.3 is 0 Å². The SMILES string of the molecule is CCOc1ccc2nc(NC(=O)C3CN(c4ncnc5c4nnn5C)C3)sc2c1. The minimum Gasteiger partial charge on any atom is -0.494 e. The van der Waals surface area contributed by atoms with Crippen molar-refractivity contribution >= 4 is 49.6 Å². The third-order valence-corrected chi connectivity index (χ3v) is 5.76. The van der Waals surface area contributed by atoms with Crippen molar-refractivity contribution in [2.45, 2.75) is 6.92 Å². The van der Waals surface area contributed by atoms with Gasteiger partial charge in [-0.2, -0.15) is 0 Å². The maximum atomic E-state index is 12.6. The van der Waals surface area contributed by atoms with Crippen LogP contribution in [0.4, 0.5) is 10.9 Å². The summed E-state index contributed by atoms with van der Waals surface area (Å²) < 4.78 is 8.10. The number of ether oxygens (including phenoxy) is 1. The predicted molar refractivity (Wildman–Crippen MR) is 109 cm³/mol. The zero-order valence-electron chi connectivity index (χ0n) is 15.9. The van der Waals surface area contributed by atoms with E-state index in [-0.39, 0.29) is 11.8 Å². The lowest BCUT2D eigenvalue weighted by Gasteiger charge is -2.38. The fourth-order valence-corrected chi connectivity index (χ4v) is 4.21. The Balaban J connectivity index is 1.26. The van der Waals surface area contributed by atoms with Crippen molar-refractivity contribution < 1.29 is 9.53 Å². The molecule has 3 aromatic heterocycles. The number of hydrogen-bond acceptors (Lipinski definition) is 9. The summed E-state index contributed by atoms with van der Waals surface area (Å²) in [5.41, 5.74) is 2.16. The number of aryl methyl sites for hydroxylation is 1. The molecule has 0 bridgehead atoms. The number of carbonyl (C=O) groups excluding carboxylic acids is 1. The first kappa shape index (κ1) is 17.7. The molecule has 4 heterocycles. The summed E-state index contributed by atoms with van der Waals surface area (Å²) in [5, 5.41) is 11.6. The molecule has 0 spiro atoms. The lowest BCUT2D eigenvalue weighted by atomic mass is 9.99. The molecule has 1 aromatic carbocycles. The van der Waals surface area contributed by atoms with E-state index in [0.29, 0.717) is 41.8 Å². The number of aromatic nitrogens is 6. The van der Waals surface area contributed by atoms with Gasteiger partial charge in [-0.1, -0.05) is 16.6 Å². The van der Waals surface area contributed by atoms with Gasteiger partial charge in [0.15, 0.2) is 22.1 Å². The summed E-state index contributed by atoms with van der Waals surface area (Å²) in [6.45, 7) is 3.68. The fraction of sp³-hybridized carbons (Fsp3) is 0.333. The van der Waals surface area contributed by atoms with E-state index in [1.165, 1.54) is 17.7 Å². The number of rotatable bonds is 5. The lowest BCUT2D eigenvalue weighted by molar-refractivity contribution is -0.120. The smallest absolute Gasteiger partial charge is 0.232 e. The Labute approximate surface area is 169 Å². The van der Waals surface area contributed by atoms with Crippen LogP contribution >= 0.6 is 11.3 Å². The van der Waals surface area contributed by atoms with Crippen LogP contribution in [0.3, 0.4) is 0 Å². The highest BCUT2D eigenvalue weighted by Crippen LogP contribution is 2.31. The second kappa shape index (κ2) is 6.92. The first-order valence-electron chi connectivity index (χ1n) is 9.22. The quantitative estimate of drug-likeness (QED) is 0.531. The fourth-order valence-electron chi connectivity index (χ4n) is 3.31. The Kier molecular flexibility index (Phi) is 4.23. The van der Waals surface area contributed by atoms with Crippen LogP contribution < -0.4 is 15.0 Å². The van der Waals surface area contributed by atoms with Gasteiger partial charge in [0.1, 0.15) is 12.1 Å². The summed E-state index contributed by atoms with van der Waals surface area (Å²) in [4.78, 5) is 27.6. The van der Waals surface area contributed by atoms with Gasteiger partial charge in [0.25, 0.3) is 0 Å². The molecule has 5 rings (SSSR count). The van der Waals surface area contributed by atoms with E-state index in [9.17, 15) is 4.79 Å². The van der Waals surface area contributed by atoms with E-state index in [1.807, 2.05) is 30.0 Å². The van der Waals surface area contributed by atoms with Gasteiger partial charge in [-0.05, 0) is 25.1 Å². The zero-order chi connectivity index (χ0) is 20.0. The molecule has 1 saturated heterocycles. The van der Waals surface area contributed by atoms with Gasteiger partial charge in [-0.25, -0.2) is 19.6 Å².